The summed E-state index contributed by atoms with van der Waals surface area (Å²) in [6.07, 6.45) is 1.70. The summed E-state index contributed by atoms with van der Waals surface area (Å²) >= 11 is 7.74. The first-order valence-electron chi connectivity index (χ1n) is 11.3. The van der Waals surface area contributed by atoms with Gasteiger partial charge in [-0.2, -0.15) is 5.26 Å². The Kier molecular flexibility index (Phi) is 8.36. The molecule has 0 spiro atoms. The van der Waals surface area contributed by atoms with Crippen LogP contribution in [0, 0.1) is 11.3 Å². The molecular weight excluding hydrogens is 526 g/mol. The first kappa shape index (κ1) is 26.8. The SMILES string of the molecule is COC(=O)c1ccc(N=C2S/C(=C\c3cc(Cl)c(OCc4ccccc4C#N)c(OC)c3)C(=O)N2C)cc1. The molecule has 0 unspecified atom stereocenters. The molecule has 1 amide bonds. The Morgan fingerprint density at radius 2 is 1.89 bits per heavy atom. The summed E-state index contributed by atoms with van der Waals surface area (Å²) in [5, 5.41) is 10.1. The number of hydrogen-bond donors (Lipinski definition) is 0. The lowest BCUT2D eigenvalue weighted by Crippen LogP contribution is -2.23. The van der Waals surface area contributed by atoms with E-state index in [-0.39, 0.29) is 12.5 Å². The van der Waals surface area contributed by atoms with Gasteiger partial charge < -0.3 is 14.2 Å². The number of thioether (sulfide) groups is 1. The van der Waals surface area contributed by atoms with Crippen molar-refractivity contribution in [2.45, 2.75) is 6.61 Å². The molecule has 38 heavy (non-hydrogen) atoms. The predicted molar refractivity (Wildman–Crippen MR) is 147 cm³/mol. The van der Waals surface area contributed by atoms with Crippen LogP contribution < -0.4 is 9.47 Å². The number of ether oxygens (including phenoxy) is 3. The van der Waals surface area contributed by atoms with E-state index in [1.165, 1.54) is 30.9 Å². The molecule has 1 aliphatic heterocycles. The van der Waals surface area contributed by atoms with Gasteiger partial charge in [-0.05, 0) is 65.9 Å². The van der Waals surface area contributed by atoms with Crippen LogP contribution in [0.5, 0.6) is 11.5 Å². The first-order valence-corrected chi connectivity index (χ1v) is 12.5. The number of carbonyl (C=O) groups excluding carboxylic acids is 2. The monoisotopic (exact) mass is 547 g/mol. The fourth-order valence-corrected chi connectivity index (χ4v) is 4.83. The number of aliphatic imine (C=N–C) groups is 1. The first-order chi connectivity index (χ1) is 18.3. The van der Waals surface area contributed by atoms with Crippen molar-refractivity contribution in [1.82, 2.24) is 4.90 Å². The van der Waals surface area contributed by atoms with Gasteiger partial charge in [-0.3, -0.25) is 9.69 Å². The molecule has 0 saturated carbocycles. The van der Waals surface area contributed by atoms with E-state index in [0.29, 0.717) is 49.0 Å². The molecule has 1 heterocycles. The Morgan fingerprint density at radius 1 is 1.16 bits per heavy atom. The molecule has 10 heteroatoms. The van der Waals surface area contributed by atoms with Crippen molar-refractivity contribution in [2.24, 2.45) is 4.99 Å². The van der Waals surface area contributed by atoms with Crippen molar-refractivity contribution in [1.29, 1.82) is 5.26 Å². The van der Waals surface area contributed by atoms with Crippen LogP contribution in [0.2, 0.25) is 5.02 Å². The number of nitriles is 1. The number of rotatable bonds is 7. The van der Waals surface area contributed by atoms with Gasteiger partial charge in [-0.25, -0.2) is 9.79 Å². The maximum Gasteiger partial charge on any atom is 0.337 e. The second kappa shape index (κ2) is 11.9. The van der Waals surface area contributed by atoms with Crippen LogP contribution in [-0.2, 0) is 16.1 Å². The molecule has 0 radical (unpaired) electrons. The Morgan fingerprint density at radius 3 is 2.58 bits per heavy atom. The highest BCUT2D eigenvalue weighted by Gasteiger charge is 2.30. The van der Waals surface area contributed by atoms with Crippen molar-refractivity contribution < 1.29 is 23.8 Å². The predicted octanol–water partition coefficient (Wildman–Crippen LogP) is 5.82. The smallest absolute Gasteiger partial charge is 0.337 e. The summed E-state index contributed by atoms with van der Waals surface area (Å²) in [6, 6.07) is 19.3. The quantitative estimate of drug-likeness (QED) is 0.271. The van der Waals surface area contributed by atoms with Gasteiger partial charge in [0.1, 0.15) is 6.61 Å². The van der Waals surface area contributed by atoms with Crippen LogP contribution >= 0.6 is 23.4 Å². The molecule has 3 aromatic rings. The number of methoxy groups -OCH3 is 2. The third-order valence-corrected chi connectivity index (χ3v) is 6.92. The highest BCUT2D eigenvalue weighted by atomic mass is 35.5. The second-order valence-corrected chi connectivity index (χ2v) is 9.42. The van der Waals surface area contributed by atoms with Gasteiger partial charge in [0, 0.05) is 12.6 Å². The Hall–Kier alpha value is -4.26. The highest BCUT2D eigenvalue weighted by Crippen LogP contribution is 2.39. The second-order valence-electron chi connectivity index (χ2n) is 8.00. The van der Waals surface area contributed by atoms with Crippen LogP contribution in [0.4, 0.5) is 5.69 Å². The van der Waals surface area contributed by atoms with Gasteiger partial charge in [0.15, 0.2) is 16.7 Å². The van der Waals surface area contributed by atoms with Gasteiger partial charge in [0.25, 0.3) is 5.91 Å². The normalized spacial score (nSPS) is 15.0. The number of esters is 1. The fourth-order valence-electron chi connectivity index (χ4n) is 3.57. The summed E-state index contributed by atoms with van der Waals surface area (Å²) in [7, 11) is 4.46. The molecule has 4 rings (SSSR count). The molecule has 3 aromatic carbocycles. The fraction of sp³-hybridized carbons (Fsp3) is 0.143. The molecule has 1 aliphatic rings. The minimum atomic E-state index is -0.436. The summed E-state index contributed by atoms with van der Waals surface area (Å²) in [4.78, 5) is 31.0. The molecule has 192 valence electrons. The van der Waals surface area contributed by atoms with Gasteiger partial charge in [-0.15, -0.1) is 0 Å². The summed E-state index contributed by atoms with van der Waals surface area (Å²) in [6.45, 7) is 0.139. The molecule has 1 fully saturated rings. The molecule has 0 aromatic heterocycles. The van der Waals surface area contributed by atoms with Gasteiger partial charge in [0.2, 0.25) is 0 Å². The lowest BCUT2D eigenvalue weighted by atomic mass is 10.1. The molecule has 0 bridgehead atoms. The molecule has 8 nitrogen and oxygen atoms in total. The number of amides is 1. The van der Waals surface area contributed by atoms with E-state index >= 15 is 0 Å². The van der Waals surface area contributed by atoms with E-state index in [1.54, 1.807) is 61.7 Å². The lowest BCUT2D eigenvalue weighted by Gasteiger charge is -2.14. The zero-order valence-electron chi connectivity index (χ0n) is 20.7. The van der Waals surface area contributed by atoms with Crippen molar-refractivity contribution in [3.05, 3.63) is 92.8 Å². The molecule has 1 saturated heterocycles. The molecular formula is C28H22ClN3O5S. The average Bonchev–Trinajstić information content (AvgIpc) is 3.19. The minimum Gasteiger partial charge on any atom is -0.493 e. The Bertz CT molecular complexity index is 1500. The maximum atomic E-state index is 12.9. The largest absolute Gasteiger partial charge is 0.493 e. The zero-order valence-corrected chi connectivity index (χ0v) is 22.3. The third-order valence-electron chi connectivity index (χ3n) is 5.58. The van der Waals surface area contributed by atoms with E-state index in [2.05, 4.69) is 11.1 Å². The Labute approximate surface area is 229 Å². The number of benzene rings is 3. The number of carbonyl (C=O) groups is 2. The van der Waals surface area contributed by atoms with Crippen LogP contribution in [-0.4, -0.2) is 43.2 Å². The number of hydrogen-bond acceptors (Lipinski definition) is 8. The van der Waals surface area contributed by atoms with E-state index in [4.69, 9.17) is 25.8 Å². The standard InChI is InChI=1S/C28H22ClN3O5S/c1-32-26(33)24(38-28(32)31-21-10-8-18(9-11-21)27(34)36-3)14-17-12-22(29)25(23(13-17)35-2)37-16-20-7-5-4-6-19(20)15-30/h4-14H,16H2,1-3H3/b24-14-,31-28?. The minimum absolute atomic E-state index is 0.139. The molecule has 0 aliphatic carbocycles. The lowest BCUT2D eigenvalue weighted by molar-refractivity contribution is -0.121. The van der Waals surface area contributed by atoms with E-state index < -0.39 is 5.97 Å². The number of nitrogens with zero attached hydrogens (tertiary/aromatic N) is 3. The highest BCUT2D eigenvalue weighted by molar-refractivity contribution is 8.18. The van der Waals surface area contributed by atoms with Crippen LogP contribution in [0.3, 0.4) is 0 Å². The topological polar surface area (TPSA) is 101 Å². The third kappa shape index (κ3) is 5.83. The van der Waals surface area contributed by atoms with E-state index in [0.717, 1.165) is 5.56 Å². The number of likely N-dealkylation sites (N-methyl/N-ethyl adjacent to an activating group) is 1. The zero-order chi connectivity index (χ0) is 27.2. The van der Waals surface area contributed by atoms with Crippen LogP contribution in [0.15, 0.2) is 70.6 Å². The van der Waals surface area contributed by atoms with Gasteiger partial charge in [0.05, 0.1) is 47.0 Å². The van der Waals surface area contributed by atoms with Gasteiger partial charge in [-0.1, -0.05) is 29.8 Å². The van der Waals surface area contributed by atoms with E-state index in [9.17, 15) is 14.9 Å². The average molecular weight is 548 g/mol. The number of amidine groups is 1. The maximum absolute atomic E-state index is 12.9. The summed E-state index contributed by atoms with van der Waals surface area (Å²) in [5.41, 5.74) is 2.88. The summed E-state index contributed by atoms with van der Waals surface area (Å²) in [5.74, 6) is 0.0734. The van der Waals surface area contributed by atoms with Crippen molar-refractivity contribution in [3.8, 4) is 17.6 Å². The van der Waals surface area contributed by atoms with E-state index in [1.807, 2.05) is 12.1 Å². The van der Waals surface area contributed by atoms with Crippen molar-refractivity contribution in [3.63, 3.8) is 0 Å². The van der Waals surface area contributed by atoms with Crippen molar-refractivity contribution in [2.75, 3.05) is 21.3 Å². The molecule has 0 atom stereocenters. The number of halogens is 1. The van der Waals surface area contributed by atoms with Crippen LogP contribution in [0.1, 0.15) is 27.0 Å². The molecule has 0 N–H and O–H groups in total. The van der Waals surface area contributed by atoms with Crippen LogP contribution in [0.25, 0.3) is 6.08 Å². The summed E-state index contributed by atoms with van der Waals surface area (Å²) < 4.78 is 16.1. The van der Waals surface area contributed by atoms with Gasteiger partial charge >= 0.3 is 5.97 Å². The Balaban J connectivity index is 1.55. The van der Waals surface area contributed by atoms with Crippen molar-refractivity contribution >= 4 is 52.2 Å².